The smallest absolute Gasteiger partial charge is 0.168 e. The summed E-state index contributed by atoms with van der Waals surface area (Å²) in [7, 11) is 0. The number of pyridine rings is 1. The first-order valence-corrected chi connectivity index (χ1v) is 6.63. The number of rotatable bonds is 4. The van der Waals surface area contributed by atoms with Crippen molar-refractivity contribution in [3.8, 4) is 11.5 Å². The van der Waals surface area contributed by atoms with E-state index < -0.39 is 11.9 Å². The van der Waals surface area contributed by atoms with Gasteiger partial charge in [-0.15, -0.1) is 0 Å². The van der Waals surface area contributed by atoms with E-state index in [1.165, 1.54) is 6.07 Å². The quantitative estimate of drug-likeness (QED) is 0.919. The van der Waals surface area contributed by atoms with E-state index in [2.05, 4.69) is 4.98 Å². The van der Waals surface area contributed by atoms with Crippen LogP contribution in [0.5, 0.6) is 11.5 Å². The molecule has 0 fully saturated rings. The van der Waals surface area contributed by atoms with Gasteiger partial charge in [0.15, 0.2) is 11.6 Å². The number of nitrogens with zero attached hydrogens (tertiary/aromatic N) is 1. The molecule has 0 aliphatic carbocycles. The maximum Gasteiger partial charge on any atom is 0.168 e. The van der Waals surface area contributed by atoms with Crippen molar-refractivity contribution in [1.82, 2.24) is 4.98 Å². The Labute approximate surface area is 118 Å². The maximum atomic E-state index is 14.0. The van der Waals surface area contributed by atoms with Crippen LogP contribution in [0.3, 0.4) is 0 Å². The summed E-state index contributed by atoms with van der Waals surface area (Å²) in [5.74, 6) is 0.0824. The van der Waals surface area contributed by atoms with Crippen LogP contribution in [0.15, 0.2) is 30.3 Å². The van der Waals surface area contributed by atoms with E-state index in [-0.39, 0.29) is 5.75 Å². The van der Waals surface area contributed by atoms with Crippen LogP contribution in [0, 0.1) is 12.7 Å². The highest BCUT2D eigenvalue weighted by atomic mass is 19.1. The Morgan fingerprint density at radius 1 is 1.30 bits per heavy atom. The van der Waals surface area contributed by atoms with Crippen molar-refractivity contribution in [3.05, 3.63) is 53.1 Å². The molecule has 0 saturated heterocycles. The molecule has 0 saturated carbocycles. The molecular formula is C16H18FNO2. The lowest BCUT2D eigenvalue weighted by atomic mass is 10.1. The zero-order valence-corrected chi connectivity index (χ0v) is 11.9. The van der Waals surface area contributed by atoms with Crippen LogP contribution in [-0.4, -0.2) is 10.1 Å². The molecule has 0 bridgehead atoms. The number of aryl methyl sites for hydroxylation is 2. The molecule has 0 aliphatic heterocycles. The van der Waals surface area contributed by atoms with Crippen LogP contribution in [-0.2, 0) is 6.42 Å². The van der Waals surface area contributed by atoms with E-state index in [9.17, 15) is 9.50 Å². The van der Waals surface area contributed by atoms with Crippen LogP contribution >= 0.6 is 0 Å². The first-order valence-electron chi connectivity index (χ1n) is 6.63. The molecule has 20 heavy (non-hydrogen) atoms. The van der Waals surface area contributed by atoms with Gasteiger partial charge in [-0.2, -0.15) is 0 Å². The summed E-state index contributed by atoms with van der Waals surface area (Å²) in [6.45, 7) is 5.44. The van der Waals surface area contributed by atoms with Crippen LogP contribution in [0.25, 0.3) is 0 Å². The molecule has 2 rings (SSSR count). The Bertz CT molecular complexity index is 611. The predicted octanol–water partition coefficient (Wildman–Crippen LogP) is 3.94. The second-order valence-electron chi connectivity index (χ2n) is 4.69. The van der Waals surface area contributed by atoms with Gasteiger partial charge in [0.1, 0.15) is 5.75 Å². The van der Waals surface area contributed by atoms with Crippen molar-refractivity contribution >= 4 is 0 Å². The monoisotopic (exact) mass is 275 g/mol. The van der Waals surface area contributed by atoms with E-state index >= 15 is 0 Å². The number of hydrogen-bond donors (Lipinski definition) is 1. The number of para-hydroxylation sites is 1. The Balaban J connectivity index is 2.45. The summed E-state index contributed by atoms with van der Waals surface area (Å²) < 4.78 is 19.6. The van der Waals surface area contributed by atoms with Crippen molar-refractivity contribution in [2.45, 2.75) is 33.3 Å². The molecule has 1 aromatic carbocycles. The molecule has 4 heteroatoms. The molecule has 0 spiro atoms. The lowest BCUT2D eigenvalue weighted by Gasteiger charge is -2.15. The van der Waals surface area contributed by atoms with Gasteiger partial charge >= 0.3 is 0 Å². The fraction of sp³-hybridized carbons (Fsp3) is 0.312. The van der Waals surface area contributed by atoms with Gasteiger partial charge in [0.05, 0.1) is 11.8 Å². The normalized spacial score (nSPS) is 12.2. The van der Waals surface area contributed by atoms with Crippen molar-refractivity contribution < 1.29 is 14.2 Å². The minimum Gasteiger partial charge on any atom is -0.452 e. The topological polar surface area (TPSA) is 42.4 Å². The molecule has 106 valence electrons. The number of benzene rings is 1. The largest absolute Gasteiger partial charge is 0.452 e. The van der Waals surface area contributed by atoms with Gasteiger partial charge in [0.2, 0.25) is 0 Å². The molecule has 1 atom stereocenters. The summed E-state index contributed by atoms with van der Waals surface area (Å²) in [5.41, 5.74) is 2.08. The van der Waals surface area contributed by atoms with Crippen LogP contribution < -0.4 is 4.74 Å². The van der Waals surface area contributed by atoms with Gasteiger partial charge in [-0.1, -0.05) is 19.1 Å². The first kappa shape index (κ1) is 14.5. The van der Waals surface area contributed by atoms with E-state index in [0.29, 0.717) is 17.7 Å². The van der Waals surface area contributed by atoms with E-state index in [4.69, 9.17) is 4.74 Å². The summed E-state index contributed by atoms with van der Waals surface area (Å²) >= 11 is 0. The molecule has 1 N–H and O–H groups in total. The van der Waals surface area contributed by atoms with Gasteiger partial charge in [-0.25, -0.2) is 4.39 Å². The third-order valence-electron chi connectivity index (χ3n) is 3.07. The fourth-order valence-corrected chi connectivity index (χ4v) is 2.02. The highest BCUT2D eigenvalue weighted by Crippen LogP contribution is 2.33. The summed E-state index contributed by atoms with van der Waals surface area (Å²) in [5, 5.41) is 9.72. The number of hydrogen-bond acceptors (Lipinski definition) is 3. The molecule has 0 unspecified atom stereocenters. The lowest BCUT2D eigenvalue weighted by molar-refractivity contribution is 0.194. The van der Waals surface area contributed by atoms with Crippen LogP contribution in [0.4, 0.5) is 4.39 Å². The van der Waals surface area contributed by atoms with Crippen LogP contribution in [0.2, 0.25) is 0 Å². The third kappa shape index (κ3) is 2.96. The number of aromatic nitrogens is 1. The SMILES string of the molecule is CCc1nc(C)ccc1Oc1c(F)cccc1[C@H](C)O. The summed E-state index contributed by atoms with van der Waals surface area (Å²) in [6, 6.07) is 8.11. The number of aliphatic hydroxyl groups excluding tert-OH is 1. The first-order chi connectivity index (χ1) is 9.52. The van der Waals surface area contributed by atoms with E-state index in [1.807, 2.05) is 19.9 Å². The fourth-order valence-electron chi connectivity index (χ4n) is 2.02. The predicted molar refractivity (Wildman–Crippen MR) is 75.5 cm³/mol. The second-order valence-corrected chi connectivity index (χ2v) is 4.69. The van der Waals surface area contributed by atoms with E-state index in [1.54, 1.807) is 25.1 Å². The number of ether oxygens (including phenoxy) is 1. The molecule has 0 amide bonds. The van der Waals surface area contributed by atoms with Gasteiger partial charge in [-0.05, 0) is 38.5 Å². The van der Waals surface area contributed by atoms with Gasteiger partial charge in [0, 0.05) is 11.3 Å². The Hall–Kier alpha value is -1.94. The standard InChI is InChI=1S/C16H18FNO2/c1-4-14-15(9-8-10(2)18-14)20-16-12(11(3)19)6-5-7-13(16)17/h5-9,11,19H,4H2,1-3H3/t11-/m0/s1. The average molecular weight is 275 g/mol. The molecular weight excluding hydrogens is 257 g/mol. The van der Waals surface area contributed by atoms with Gasteiger partial charge in [0.25, 0.3) is 0 Å². The highest BCUT2D eigenvalue weighted by Gasteiger charge is 2.16. The number of halogens is 1. The zero-order valence-electron chi connectivity index (χ0n) is 11.9. The van der Waals surface area contributed by atoms with Crippen molar-refractivity contribution in [2.24, 2.45) is 0 Å². The van der Waals surface area contributed by atoms with Crippen LogP contribution in [0.1, 0.15) is 36.9 Å². The minimum atomic E-state index is -0.802. The zero-order chi connectivity index (χ0) is 14.7. The van der Waals surface area contributed by atoms with E-state index in [0.717, 1.165) is 11.4 Å². The van der Waals surface area contributed by atoms with Gasteiger partial charge < -0.3 is 9.84 Å². The average Bonchev–Trinajstić information content (AvgIpc) is 2.42. The molecule has 1 heterocycles. The Morgan fingerprint density at radius 2 is 2.05 bits per heavy atom. The lowest BCUT2D eigenvalue weighted by Crippen LogP contribution is -2.01. The van der Waals surface area contributed by atoms with Crippen molar-refractivity contribution in [1.29, 1.82) is 0 Å². The molecule has 1 aromatic heterocycles. The molecule has 2 aromatic rings. The third-order valence-corrected chi connectivity index (χ3v) is 3.07. The minimum absolute atomic E-state index is 0.0582. The molecule has 3 nitrogen and oxygen atoms in total. The second kappa shape index (κ2) is 6.01. The highest BCUT2D eigenvalue weighted by molar-refractivity contribution is 5.41. The summed E-state index contributed by atoms with van der Waals surface area (Å²) in [4.78, 5) is 4.38. The molecule has 0 aliphatic rings. The number of aliphatic hydroxyl groups is 1. The van der Waals surface area contributed by atoms with Crippen molar-refractivity contribution in [3.63, 3.8) is 0 Å². The summed E-state index contributed by atoms with van der Waals surface area (Å²) in [6.07, 6.45) is -0.112. The van der Waals surface area contributed by atoms with Gasteiger partial charge in [-0.3, -0.25) is 4.98 Å². The maximum absolute atomic E-state index is 14.0. The van der Waals surface area contributed by atoms with Crippen molar-refractivity contribution in [2.75, 3.05) is 0 Å². The Kier molecular flexibility index (Phi) is 4.35. The molecule has 0 radical (unpaired) electrons. The Morgan fingerprint density at radius 3 is 2.70 bits per heavy atom.